The van der Waals surface area contributed by atoms with Gasteiger partial charge in [0, 0.05) is 19.6 Å². The minimum Gasteiger partial charge on any atom is -0.493 e. The number of likely N-dealkylation sites (tertiary alicyclic amines) is 1. The third-order valence-corrected chi connectivity index (χ3v) is 4.53. The predicted octanol–water partition coefficient (Wildman–Crippen LogP) is 2.75. The van der Waals surface area contributed by atoms with Crippen molar-refractivity contribution in [3.8, 4) is 11.5 Å². The number of aliphatic hydroxyl groups is 1. The monoisotopic (exact) mass is 564 g/mol. The van der Waals surface area contributed by atoms with Gasteiger partial charge >= 0.3 is 6.09 Å². The number of hydrogen-bond donors (Lipinski definition) is 3. The fourth-order valence-electron chi connectivity index (χ4n) is 3.22. The maximum atomic E-state index is 12.0. The predicted molar refractivity (Wildman–Crippen MR) is 135 cm³/mol. The first-order valence-corrected chi connectivity index (χ1v) is 10.7. The van der Waals surface area contributed by atoms with Gasteiger partial charge in [0.2, 0.25) is 0 Å². The lowest BCUT2D eigenvalue weighted by Crippen LogP contribution is -2.44. The molecule has 1 atom stereocenters. The van der Waals surface area contributed by atoms with Crippen LogP contribution in [0, 0.1) is 0 Å². The van der Waals surface area contributed by atoms with Crippen molar-refractivity contribution < 1.29 is 24.1 Å². The van der Waals surface area contributed by atoms with Gasteiger partial charge in [-0.2, -0.15) is 0 Å². The molecule has 3 N–H and O–H groups in total. The van der Waals surface area contributed by atoms with Gasteiger partial charge in [-0.05, 0) is 51.8 Å². The number of ether oxygens (including phenoxy) is 3. The molecule has 182 valence electrons. The van der Waals surface area contributed by atoms with Gasteiger partial charge < -0.3 is 34.9 Å². The minimum absolute atomic E-state index is 0. The lowest BCUT2D eigenvalue weighted by atomic mass is 10.2. The summed E-state index contributed by atoms with van der Waals surface area (Å²) in [6.07, 6.45) is 0.436. The summed E-state index contributed by atoms with van der Waals surface area (Å²) in [6, 6.07) is 5.65. The number of rotatable bonds is 8. The van der Waals surface area contributed by atoms with Crippen LogP contribution in [0.15, 0.2) is 23.2 Å². The van der Waals surface area contributed by atoms with E-state index in [0.717, 1.165) is 31.0 Å². The Labute approximate surface area is 207 Å². The summed E-state index contributed by atoms with van der Waals surface area (Å²) in [4.78, 5) is 18.9. The largest absolute Gasteiger partial charge is 0.493 e. The number of hydrogen-bond acceptors (Lipinski definition) is 6. The molecule has 0 spiro atoms. The zero-order valence-electron chi connectivity index (χ0n) is 19.6. The first kappa shape index (κ1) is 28.1. The molecular weight excluding hydrogens is 527 g/mol. The standard InChI is InChI=1S/C22H36N4O5.HI/c1-6-23-20(26-10-9-17(15-26)25-21(28)31-22(2,3)4)24-14-16-7-8-18(30-12-11-27)19(13-16)29-5;/h7-8,13,17,27H,6,9-12,14-15H2,1-5H3,(H,23,24)(H,25,28);1H. The van der Waals surface area contributed by atoms with Crippen molar-refractivity contribution in [3.63, 3.8) is 0 Å². The molecule has 1 aromatic carbocycles. The summed E-state index contributed by atoms with van der Waals surface area (Å²) in [5, 5.41) is 15.2. The van der Waals surface area contributed by atoms with Crippen LogP contribution >= 0.6 is 24.0 Å². The summed E-state index contributed by atoms with van der Waals surface area (Å²) >= 11 is 0. The fraction of sp³-hybridized carbons (Fsp3) is 0.636. The number of alkyl carbamates (subject to hydrolysis) is 1. The number of aliphatic imine (C=N–C) groups is 1. The molecule has 2 rings (SSSR count). The van der Waals surface area contributed by atoms with E-state index in [1.54, 1.807) is 7.11 Å². The lowest BCUT2D eigenvalue weighted by molar-refractivity contribution is 0.0507. The van der Waals surface area contributed by atoms with Gasteiger partial charge in [0.15, 0.2) is 17.5 Å². The summed E-state index contributed by atoms with van der Waals surface area (Å²) in [5.74, 6) is 2.00. The molecule has 1 aliphatic heterocycles. The van der Waals surface area contributed by atoms with E-state index in [2.05, 4.69) is 15.5 Å². The van der Waals surface area contributed by atoms with Gasteiger partial charge in [-0.25, -0.2) is 9.79 Å². The summed E-state index contributed by atoms with van der Waals surface area (Å²) in [7, 11) is 1.58. The van der Waals surface area contributed by atoms with Crippen LogP contribution in [0.4, 0.5) is 4.79 Å². The van der Waals surface area contributed by atoms with Crippen LogP contribution in [0.5, 0.6) is 11.5 Å². The van der Waals surface area contributed by atoms with Gasteiger partial charge in [0.1, 0.15) is 12.2 Å². The van der Waals surface area contributed by atoms with Gasteiger partial charge in [-0.1, -0.05) is 6.07 Å². The van der Waals surface area contributed by atoms with Crippen LogP contribution in [-0.2, 0) is 11.3 Å². The molecule has 0 saturated carbocycles. The van der Waals surface area contributed by atoms with E-state index in [0.29, 0.717) is 24.6 Å². The average molecular weight is 564 g/mol. The lowest BCUT2D eigenvalue weighted by Gasteiger charge is -2.23. The van der Waals surface area contributed by atoms with E-state index in [1.807, 2.05) is 45.9 Å². The second-order valence-corrected chi connectivity index (χ2v) is 8.31. The minimum atomic E-state index is -0.515. The molecule has 1 aromatic rings. The number of methoxy groups -OCH3 is 1. The second kappa shape index (κ2) is 13.6. The Kier molecular flexibility index (Phi) is 11.9. The number of aliphatic hydroxyl groups excluding tert-OH is 1. The van der Waals surface area contributed by atoms with Crippen molar-refractivity contribution in [2.24, 2.45) is 4.99 Å². The third-order valence-electron chi connectivity index (χ3n) is 4.53. The Morgan fingerprint density at radius 3 is 2.69 bits per heavy atom. The highest BCUT2D eigenvalue weighted by Gasteiger charge is 2.27. The zero-order valence-corrected chi connectivity index (χ0v) is 22.0. The van der Waals surface area contributed by atoms with Crippen LogP contribution in [0.25, 0.3) is 0 Å². The van der Waals surface area contributed by atoms with Gasteiger partial charge in [0.25, 0.3) is 0 Å². The van der Waals surface area contributed by atoms with Crippen molar-refractivity contribution in [2.45, 2.75) is 52.3 Å². The SMILES string of the molecule is CCNC(=NCc1ccc(OCCO)c(OC)c1)N1CCC(NC(=O)OC(C)(C)C)C1.I. The molecule has 0 aromatic heterocycles. The molecule has 9 nitrogen and oxygen atoms in total. The van der Waals surface area contributed by atoms with E-state index in [9.17, 15) is 4.79 Å². The van der Waals surface area contributed by atoms with Crippen molar-refractivity contribution in [1.29, 1.82) is 0 Å². The number of benzene rings is 1. The van der Waals surface area contributed by atoms with Crippen molar-refractivity contribution in [1.82, 2.24) is 15.5 Å². The molecular formula is C22H37IN4O5. The topological polar surface area (TPSA) is 105 Å². The first-order chi connectivity index (χ1) is 14.8. The maximum absolute atomic E-state index is 12.0. The molecule has 1 saturated heterocycles. The van der Waals surface area contributed by atoms with Crippen LogP contribution in [0.1, 0.15) is 39.7 Å². The number of amides is 1. The molecule has 0 radical (unpaired) electrons. The number of nitrogens with one attached hydrogen (secondary N) is 2. The van der Waals surface area contributed by atoms with Crippen molar-refractivity contribution in [3.05, 3.63) is 23.8 Å². The van der Waals surface area contributed by atoms with Gasteiger partial charge in [-0.3, -0.25) is 0 Å². The molecule has 0 aliphatic carbocycles. The van der Waals surface area contributed by atoms with Crippen molar-refractivity contribution >= 4 is 36.0 Å². The molecule has 10 heteroatoms. The van der Waals surface area contributed by atoms with E-state index >= 15 is 0 Å². The quantitative estimate of drug-likeness (QED) is 0.254. The molecule has 1 fully saturated rings. The second-order valence-electron chi connectivity index (χ2n) is 8.31. The number of guanidine groups is 1. The number of nitrogens with zero attached hydrogens (tertiary/aromatic N) is 2. The molecule has 1 unspecified atom stereocenters. The Morgan fingerprint density at radius 1 is 1.31 bits per heavy atom. The number of halogens is 1. The van der Waals surface area contributed by atoms with Crippen LogP contribution < -0.4 is 20.1 Å². The van der Waals surface area contributed by atoms with E-state index in [4.69, 9.17) is 24.3 Å². The van der Waals surface area contributed by atoms with E-state index in [1.165, 1.54) is 0 Å². The Hall–Kier alpha value is -1.95. The molecule has 0 bridgehead atoms. The Balaban J connectivity index is 0.00000512. The normalized spacial score (nSPS) is 16.2. The van der Waals surface area contributed by atoms with Gasteiger partial charge in [0.05, 0.1) is 26.3 Å². The van der Waals surface area contributed by atoms with Crippen molar-refractivity contribution in [2.75, 3.05) is 40.0 Å². The van der Waals surface area contributed by atoms with Crippen LogP contribution in [0.2, 0.25) is 0 Å². The first-order valence-electron chi connectivity index (χ1n) is 10.7. The summed E-state index contributed by atoms with van der Waals surface area (Å²) in [6.45, 7) is 10.4. The molecule has 1 heterocycles. The highest BCUT2D eigenvalue weighted by molar-refractivity contribution is 14.0. The maximum Gasteiger partial charge on any atom is 0.407 e. The van der Waals surface area contributed by atoms with Gasteiger partial charge in [-0.15, -0.1) is 24.0 Å². The summed E-state index contributed by atoms with van der Waals surface area (Å²) in [5.41, 5.74) is 0.463. The third kappa shape index (κ3) is 9.27. The number of carbonyl (C=O) groups is 1. The van der Waals surface area contributed by atoms with E-state index < -0.39 is 11.7 Å². The number of carbonyl (C=O) groups excluding carboxylic acids is 1. The molecule has 32 heavy (non-hydrogen) atoms. The van der Waals surface area contributed by atoms with Crippen LogP contribution in [-0.4, -0.2) is 73.7 Å². The Morgan fingerprint density at radius 2 is 2.06 bits per heavy atom. The highest BCUT2D eigenvalue weighted by Crippen LogP contribution is 2.28. The van der Waals surface area contributed by atoms with E-state index in [-0.39, 0.29) is 43.2 Å². The smallest absolute Gasteiger partial charge is 0.407 e. The van der Waals surface area contributed by atoms with Crippen LogP contribution in [0.3, 0.4) is 0 Å². The average Bonchev–Trinajstić information content (AvgIpc) is 3.16. The molecule has 1 amide bonds. The summed E-state index contributed by atoms with van der Waals surface area (Å²) < 4.78 is 16.2. The Bertz CT molecular complexity index is 754. The zero-order chi connectivity index (χ0) is 22.9. The fourth-order valence-corrected chi connectivity index (χ4v) is 3.22. The molecule has 1 aliphatic rings. The highest BCUT2D eigenvalue weighted by atomic mass is 127.